The standard InChI is InChI=1S/C21H21BrClN5O/c1-5-28-20-17(13-7-6-11(2)10-14(13)21(29)27(20)4)18(26-28)12(3)24-15-8-9-16(23)25-19(15)22/h6-10,12,24H,5H2,1-4H3. The number of nitrogens with one attached hydrogen (secondary N) is 1. The minimum Gasteiger partial charge on any atom is -0.375 e. The van der Waals surface area contributed by atoms with Crippen LogP contribution in [-0.4, -0.2) is 19.3 Å². The second kappa shape index (κ2) is 7.46. The van der Waals surface area contributed by atoms with Gasteiger partial charge < -0.3 is 5.32 Å². The molecule has 0 aliphatic heterocycles. The molecule has 0 saturated heterocycles. The summed E-state index contributed by atoms with van der Waals surface area (Å²) < 4.78 is 4.23. The van der Waals surface area contributed by atoms with Crippen LogP contribution in [0.15, 0.2) is 39.7 Å². The Bertz CT molecular complexity index is 1310. The number of pyridine rings is 2. The van der Waals surface area contributed by atoms with Crippen LogP contribution in [0.25, 0.3) is 21.8 Å². The van der Waals surface area contributed by atoms with E-state index in [4.69, 9.17) is 16.7 Å². The maximum Gasteiger partial charge on any atom is 0.259 e. The third kappa shape index (κ3) is 3.32. The highest BCUT2D eigenvalue weighted by atomic mass is 79.9. The van der Waals surface area contributed by atoms with Gasteiger partial charge >= 0.3 is 0 Å². The lowest BCUT2D eigenvalue weighted by atomic mass is 10.0. The van der Waals surface area contributed by atoms with Gasteiger partial charge in [0.05, 0.1) is 22.8 Å². The fraction of sp³-hybridized carbons (Fsp3) is 0.286. The zero-order chi connectivity index (χ0) is 20.9. The van der Waals surface area contributed by atoms with Crippen molar-refractivity contribution in [3.63, 3.8) is 0 Å². The summed E-state index contributed by atoms with van der Waals surface area (Å²) in [5, 5.41) is 11.4. The molecule has 4 rings (SSSR count). The molecule has 1 aromatic carbocycles. The number of hydrogen-bond acceptors (Lipinski definition) is 4. The number of fused-ring (bicyclic) bond motifs is 3. The predicted molar refractivity (Wildman–Crippen MR) is 122 cm³/mol. The van der Waals surface area contributed by atoms with Crippen molar-refractivity contribution >= 4 is 55.0 Å². The lowest BCUT2D eigenvalue weighted by Crippen LogP contribution is -2.19. The summed E-state index contributed by atoms with van der Waals surface area (Å²) in [6.45, 7) is 6.74. The molecule has 0 spiro atoms. The van der Waals surface area contributed by atoms with Crippen molar-refractivity contribution in [3.05, 3.63) is 61.7 Å². The van der Waals surface area contributed by atoms with E-state index in [1.54, 1.807) is 10.6 Å². The number of rotatable bonds is 4. The molecule has 8 heteroatoms. The number of nitrogens with zero attached hydrogens (tertiary/aromatic N) is 4. The van der Waals surface area contributed by atoms with Crippen LogP contribution in [0.4, 0.5) is 5.69 Å². The van der Waals surface area contributed by atoms with Gasteiger partial charge in [0.15, 0.2) is 0 Å². The topological polar surface area (TPSA) is 64.7 Å². The van der Waals surface area contributed by atoms with Crippen LogP contribution in [0.2, 0.25) is 5.15 Å². The third-order valence-electron chi connectivity index (χ3n) is 5.15. The Labute approximate surface area is 181 Å². The van der Waals surface area contributed by atoms with E-state index in [-0.39, 0.29) is 11.6 Å². The molecule has 0 bridgehead atoms. The van der Waals surface area contributed by atoms with Gasteiger partial charge in [-0.1, -0.05) is 29.3 Å². The van der Waals surface area contributed by atoms with Crippen molar-refractivity contribution in [2.75, 3.05) is 5.32 Å². The van der Waals surface area contributed by atoms with Crippen LogP contribution in [0, 0.1) is 6.92 Å². The summed E-state index contributed by atoms with van der Waals surface area (Å²) >= 11 is 9.42. The van der Waals surface area contributed by atoms with Crippen LogP contribution >= 0.6 is 27.5 Å². The highest BCUT2D eigenvalue weighted by Crippen LogP contribution is 2.33. The summed E-state index contributed by atoms with van der Waals surface area (Å²) in [5.74, 6) is 0. The first-order valence-corrected chi connectivity index (χ1v) is 10.6. The molecule has 0 aliphatic carbocycles. The summed E-state index contributed by atoms with van der Waals surface area (Å²) in [4.78, 5) is 17.2. The van der Waals surface area contributed by atoms with E-state index in [1.807, 2.05) is 56.8 Å². The van der Waals surface area contributed by atoms with Gasteiger partial charge in [0.25, 0.3) is 5.56 Å². The number of aryl methyl sites for hydroxylation is 3. The third-order valence-corrected chi connectivity index (χ3v) is 5.96. The fourth-order valence-corrected chi connectivity index (χ4v) is 4.43. The highest BCUT2D eigenvalue weighted by Gasteiger charge is 2.22. The lowest BCUT2D eigenvalue weighted by molar-refractivity contribution is 0.638. The zero-order valence-electron chi connectivity index (χ0n) is 16.6. The van der Waals surface area contributed by atoms with Gasteiger partial charge in [0.1, 0.15) is 15.4 Å². The summed E-state index contributed by atoms with van der Waals surface area (Å²) in [6.07, 6.45) is 0. The Hall–Kier alpha value is -2.38. The molecular weight excluding hydrogens is 454 g/mol. The van der Waals surface area contributed by atoms with E-state index in [0.29, 0.717) is 21.7 Å². The van der Waals surface area contributed by atoms with Crippen molar-refractivity contribution in [2.24, 2.45) is 7.05 Å². The molecule has 6 nitrogen and oxygen atoms in total. The maximum absolute atomic E-state index is 13.0. The normalized spacial score (nSPS) is 12.6. The first-order chi connectivity index (χ1) is 13.8. The van der Waals surface area contributed by atoms with E-state index in [2.05, 4.69) is 26.2 Å². The fourth-order valence-electron chi connectivity index (χ4n) is 3.75. The molecule has 0 aliphatic rings. The number of anilines is 1. The molecule has 0 amide bonds. The summed E-state index contributed by atoms with van der Waals surface area (Å²) in [7, 11) is 1.81. The van der Waals surface area contributed by atoms with Crippen molar-refractivity contribution in [3.8, 4) is 0 Å². The largest absolute Gasteiger partial charge is 0.375 e. The van der Waals surface area contributed by atoms with Crippen molar-refractivity contribution in [1.82, 2.24) is 19.3 Å². The van der Waals surface area contributed by atoms with Gasteiger partial charge in [-0.3, -0.25) is 9.36 Å². The molecule has 1 N–H and O–H groups in total. The van der Waals surface area contributed by atoms with Crippen LogP contribution in [0.5, 0.6) is 0 Å². The van der Waals surface area contributed by atoms with E-state index in [1.165, 1.54) is 0 Å². The van der Waals surface area contributed by atoms with Crippen LogP contribution in [0.1, 0.15) is 31.1 Å². The Kier molecular flexibility index (Phi) is 5.12. The van der Waals surface area contributed by atoms with Gasteiger partial charge in [-0.2, -0.15) is 5.10 Å². The Morgan fingerprint density at radius 1 is 1.24 bits per heavy atom. The number of aromatic nitrogens is 4. The van der Waals surface area contributed by atoms with Gasteiger partial charge in [0.2, 0.25) is 0 Å². The summed E-state index contributed by atoms with van der Waals surface area (Å²) in [6, 6.07) is 9.50. The first-order valence-electron chi connectivity index (χ1n) is 9.40. The molecule has 1 unspecified atom stereocenters. The number of benzene rings is 1. The van der Waals surface area contributed by atoms with Gasteiger partial charge in [0, 0.05) is 24.4 Å². The van der Waals surface area contributed by atoms with Crippen molar-refractivity contribution < 1.29 is 0 Å². The molecular formula is C21H21BrClN5O. The van der Waals surface area contributed by atoms with Gasteiger partial charge in [-0.25, -0.2) is 9.67 Å². The number of hydrogen-bond donors (Lipinski definition) is 1. The minimum absolute atomic E-state index is 0.0115. The monoisotopic (exact) mass is 473 g/mol. The molecule has 0 fully saturated rings. The quantitative estimate of drug-likeness (QED) is 0.413. The molecule has 1 atom stereocenters. The zero-order valence-corrected chi connectivity index (χ0v) is 19.0. The Morgan fingerprint density at radius 2 is 2.00 bits per heavy atom. The predicted octanol–water partition coefficient (Wildman–Crippen LogP) is 5.20. The summed E-state index contributed by atoms with van der Waals surface area (Å²) in [5.41, 5.74) is 3.58. The smallest absolute Gasteiger partial charge is 0.259 e. The molecule has 0 radical (unpaired) electrons. The van der Waals surface area contributed by atoms with E-state index in [9.17, 15) is 4.79 Å². The molecule has 3 aromatic heterocycles. The first kappa shape index (κ1) is 19.9. The minimum atomic E-state index is -0.119. The van der Waals surface area contributed by atoms with Crippen LogP contribution < -0.4 is 10.9 Å². The molecule has 0 saturated carbocycles. The van der Waals surface area contributed by atoms with Crippen LogP contribution in [-0.2, 0) is 13.6 Å². The second-order valence-corrected chi connectivity index (χ2v) is 8.29. The van der Waals surface area contributed by atoms with Gasteiger partial charge in [-0.15, -0.1) is 0 Å². The van der Waals surface area contributed by atoms with E-state index >= 15 is 0 Å². The van der Waals surface area contributed by atoms with Crippen molar-refractivity contribution in [1.29, 1.82) is 0 Å². The van der Waals surface area contributed by atoms with Crippen LogP contribution in [0.3, 0.4) is 0 Å². The average Bonchev–Trinajstić information content (AvgIpc) is 3.08. The van der Waals surface area contributed by atoms with E-state index in [0.717, 1.165) is 33.4 Å². The number of halogens is 2. The van der Waals surface area contributed by atoms with Gasteiger partial charge in [-0.05, 0) is 54.9 Å². The average molecular weight is 475 g/mol. The molecule has 4 aromatic rings. The molecule has 150 valence electrons. The SMILES string of the molecule is CCn1nc(C(C)Nc2ccc(Cl)nc2Br)c2c3ccc(C)cc3c(=O)n(C)c21. The molecule has 29 heavy (non-hydrogen) atoms. The Morgan fingerprint density at radius 3 is 2.69 bits per heavy atom. The van der Waals surface area contributed by atoms with E-state index < -0.39 is 0 Å². The lowest BCUT2D eigenvalue weighted by Gasteiger charge is -2.15. The maximum atomic E-state index is 13.0. The second-order valence-electron chi connectivity index (χ2n) is 7.15. The van der Waals surface area contributed by atoms with Crippen molar-refractivity contribution in [2.45, 2.75) is 33.4 Å². The Balaban J connectivity index is 1.97. The molecule has 3 heterocycles. The highest BCUT2D eigenvalue weighted by molar-refractivity contribution is 9.10.